The first-order chi connectivity index (χ1) is 13.3. The molecule has 28 heavy (non-hydrogen) atoms. The summed E-state index contributed by atoms with van der Waals surface area (Å²) in [5.41, 5.74) is 2.66. The Morgan fingerprint density at radius 2 is 0.964 bits per heavy atom. The molecule has 0 saturated carbocycles. The molecule has 4 aromatic heterocycles. The van der Waals surface area contributed by atoms with Crippen molar-refractivity contribution in [3.05, 3.63) is 53.8 Å². The molecule has 5 aromatic rings. The molecule has 0 N–H and O–H groups in total. The lowest BCUT2D eigenvalue weighted by Crippen LogP contribution is -1.81. The van der Waals surface area contributed by atoms with Crippen LogP contribution in [0.25, 0.3) is 41.1 Å². The molecule has 0 unspecified atom stereocenters. The molecule has 0 saturated heterocycles. The van der Waals surface area contributed by atoms with E-state index in [2.05, 4.69) is 52.0 Å². The van der Waals surface area contributed by atoms with Gasteiger partial charge < -0.3 is 0 Å². The van der Waals surface area contributed by atoms with Gasteiger partial charge in [0, 0.05) is 60.6 Å². The van der Waals surface area contributed by atoms with Crippen LogP contribution in [0.1, 0.15) is 19.5 Å². The van der Waals surface area contributed by atoms with Crippen molar-refractivity contribution in [1.29, 1.82) is 0 Å². The largest absolute Gasteiger partial charge is 0.140 e. The number of aryl methyl sites for hydroxylation is 4. The predicted octanol–water partition coefficient (Wildman–Crippen LogP) is 10.1. The maximum Gasteiger partial charge on any atom is 0.0548 e. The van der Waals surface area contributed by atoms with Crippen LogP contribution in [-0.2, 0) is 0 Å². The smallest absolute Gasteiger partial charge is 0.0548 e. The van der Waals surface area contributed by atoms with Crippen molar-refractivity contribution in [3.8, 4) is 20.9 Å². The Labute approximate surface area is 190 Å². The Morgan fingerprint density at radius 1 is 0.571 bits per heavy atom. The summed E-state index contributed by atoms with van der Waals surface area (Å²) < 4.78 is 2.69. The number of hydrogen-bond acceptors (Lipinski definition) is 4. The average Bonchev–Trinajstić information content (AvgIpc) is 3.34. The Morgan fingerprint density at radius 3 is 1.29 bits per heavy atom. The van der Waals surface area contributed by atoms with Gasteiger partial charge in [0.1, 0.15) is 0 Å². The topological polar surface area (TPSA) is 0 Å². The maximum absolute atomic E-state index is 6.44. The Hall–Kier alpha value is -0.880. The molecule has 0 atom stereocenters. The molecule has 0 aliphatic rings. The van der Waals surface area contributed by atoms with Crippen LogP contribution in [-0.4, -0.2) is 0 Å². The summed E-state index contributed by atoms with van der Waals surface area (Å²) in [6.07, 6.45) is 0. The predicted molar refractivity (Wildman–Crippen MR) is 133 cm³/mol. The molecule has 0 fully saturated rings. The molecule has 6 heteroatoms. The third kappa shape index (κ3) is 2.89. The second-order valence-electron chi connectivity index (χ2n) is 6.98. The summed E-state index contributed by atoms with van der Waals surface area (Å²) in [5, 5.41) is 4.36. The van der Waals surface area contributed by atoms with Gasteiger partial charge in [-0.25, -0.2) is 0 Å². The Balaban J connectivity index is 1.98. The number of fused-ring (bicyclic) bond motifs is 2. The first kappa shape index (κ1) is 19.1. The summed E-state index contributed by atoms with van der Waals surface area (Å²) in [4.78, 5) is 7.50. The van der Waals surface area contributed by atoms with Gasteiger partial charge in [-0.1, -0.05) is 23.2 Å². The highest BCUT2D eigenvalue weighted by Crippen LogP contribution is 2.52. The minimum absolute atomic E-state index is 0.853. The number of rotatable bonds is 2. The second kappa shape index (κ2) is 6.83. The van der Waals surface area contributed by atoms with Crippen LogP contribution in [0.4, 0.5) is 0 Å². The van der Waals surface area contributed by atoms with Gasteiger partial charge in [0.2, 0.25) is 0 Å². The summed E-state index contributed by atoms with van der Waals surface area (Å²) >= 11 is 20.2. The van der Waals surface area contributed by atoms with Gasteiger partial charge in [0.15, 0.2) is 0 Å². The van der Waals surface area contributed by atoms with Crippen LogP contribution in [0, 0.1) is 27.7 Å². The van der Waals surface area contributed by atoms with Crippen LogP contribution >= 0.6 is 68.5 Å². The summed E-state index contributed by atoms with van der Waals surface area (Å²) in [6, 6.07) is 8.92. The first-order valence-corrected chi connectivity index (χ1v) is 12.8. The van der Waals surface area contributed by atoms with Crippen LogP contribution in [0.2, 0.25) is 10.0 Å². The van der Waals surface area contributed by atoms with Crippen molar-refractivity contribution >= 4 is 88.7 Å². The molecule has 0 nitrogen and oxygen atoms in total. The highest BCUT2D eigenvalue weighted by Gasteiger charge is 2.23. The molecule has 0 spiro atoms. The highest BCUT2D eigenvalue weighted by atomic mass is 35.5. The SMILES string of the molecule is Cc1cc2c(-c3cc(Cl)c(C)s3)c3sc(C)cc3c(-c3cc(Cl)c(C)s3)c2s1. The van der Waals surface area contributed by atoms with Crippen molar-refractivity contribution in [2.75, 3.05) is 0 Å². The van der Waals surface area contributed by atoms with E-state index in [-0.39, 0.29) is 0 Å². The first-order valence-electron chi connectivity index (χ1n) is 8.82. The lowest BCUT2D eigenvalue weighted by atomic mass is 10.00. The second-order valence-corrected chi connectivity index (χ2v) is 12.8. The number of halogens is 2. The van der Waals surface area contributed by atoms with Crippen LogP contribution in [0.15, 0.2) is 24.3 Å². The minimum atomic E-state index is 0.853. The molecule has 0 aliphatic carbocycles. The standard InChI is InChI=1S/C22H16Cl2S4/c1-9-5-13-19(17-7-15(23)11(3)27-17)22-14(6-10(2)26-22)20(21(13)25-9)18-8-16(24)12(4)28-18/h5-8H,1-4H3. The molecule has 142 valence electrons. The van der Waals surface area contributed by atoms with Crippen molar-refractivity contribution in [3.63, 3.8) is 0 Å². The lowest BCUT2D eigenvalue weighted by molar-refractivity contribution is 1.64. The van der Waals surface area contributed by atoms with E-state index >= 15 is 0 Å². The van der Waals surface area contributed by atoms with E-state index in [1.165, 1.54) is 60.6 Å². The van der Waals surface area contributed by atoms with Crippen LogP contribution < -0.4 is 0 Å². The fourth-order valence-electron chi connectivity index (χ4n) is 3.67. The zero-order valence-electron chi connectivity index (χ0n) is 15.7. The molecule has 5 rings (SSSR count). The lowest BCUT2D eigenvalue weighted by Gasteiger charge is -2.09. The van der Waals surface area contributed by atoms with Crippen molar-refractivity contribution in [1.82, 2.24) is 0 Å². The van der Waals surface area contributed by atoms with Gasteiger partial charge in [0.05, 0.1) is 10.0 Å². The molecule has 4 heterocycles. The molecule has 0 aliphatic heterocycles. The van der Waals surface area contributed by atoms with E-state index in [1.54, 1.807) is 22.7 Å². The van der Waals surface area contributed by atoms with E-state index in [0.717, 1.165) is 10.0 Å². The van der Waals surface area contributed by atoms with Gasteiger partial charge in [-0.3, -0.25) is 0 Å². The molecule has 0 radical (unpaired) electrons. The highest BCUT2D eigenvalue weighted by molar-refractivity contribution is 7.23. The van der Waals surface area contributed by atoms with E-state index < -0.39 is 0 Å². The third-order valence-corrected chi connectivity index (χ3v) is 10.2. The Kier molecular flexibility index (Phi) is 4.66. The van der Waals surface area contributed by atoms with E-state index in [0.29, 0.717) is 0 Å². The third-order valence-electron chi connectivity index (χ3n) is 4.91. The molecule has 0 amide bonds. The number of hydrogen-bond donors (Lipinski definition) is 0. The van der Waals surface area contributed by atoms with Crippen LogP contribution in [0.5, 0.6) is 0 Å². The van der Waals surface area contributed by atoms with Crippen molar-refractivity contribution < 1.29 is 0 Å². The minimum Gasteiger partial charge on any atom is -0.140 e. The molecular formula is C22H16Cl2S4. The monoisotopic (exact) mass is 478 g/mol. The van der Waals surface area contributed by atoms with Crippen LogP contribution in [0.3, 0.4) is 0 Å². The van der Waals surface area contributed by atoms with Gasteiger partial charge in [-0.05, 0) is 52.0 Å². The normalized spacial score (nSPS) is 11.9. The van der Waals surface area contributed by atoms with E-state index in [4.69, 9.17) is 23.2 Å². The fraction of sp³-hybridized carbons (Fsp3) is 0.182. The zero-order chi connectivity index (χ0) is 19.7. The van der Waals surface area contributed by atoms with E-state index in [9.17, 15) is 0 Å². The van der Waals surface area contributed by atoms with E-state index in [1.807, 2.05) is 22.7 Å². The van der Waals surface area contributed by atoms with Gasteiger partial charge in [0.25, 0.3) is 0 Å². The number of thiophene rings is 4. The number of benzene rings is 1. The molecule has 1 aromatic carbocycles. The van der Waals surface area contributed by atoms with Gasteiger partial charge >= 0.3 is 0 Å². The van der Waals surface area contributed by atoms with Crippen molar-refractivity contribution in [2.45, 2.75) is 27.7 Å². The quantitative estimate of drug-likeness (QED) is 0.236. The van der Waals surface area contributed by atoms with Gasteiger partial charge in [-0.2, -0.15) is 0 Å². The summed E-state index contributed by atoms with van der Waals surface area (Å²) in [5.74, 6) is 0. The fourth-order valence-corrected chi connectivity index (χ4v) is 8.52. The summed E-state index contributed by atoms with van der Waals surface area (Å²) in [6.45, 7) is 8.57. The summed E-state index contributed by atoms with van der Waals surface area (Å²) in [7, 11) is 0. The zero-order valence-corrected chi connectivity index (χ0v) is 20.5. The molecule has 0 bridgehead atoms. The van der Waals surface area contributed by atoms with Gasteiger partial charge in [-0.15, -0.1) is 45.3 Å². The average molecular weight is 480 g/mol. The molecular weight excluding hydrogens is 463 g/mol. The Bertz CT molecular complexity index is 1180. The maximum atomic E-state index is 6.44. The van der Waals surface area contributed by atoms with Crippen molar-refractivity contribution in [2.24, 2.45) is 0 Å².